The Bertz CT molecular complexity index is 1590. The molecule has 0 radical (unpaired) electrons. The van der Waals surface area contributed by atoms with Gasteiger partial charge < -0.3 is 0 Å². The molecule has 0 aromatic heterocycles. The largest absolute Gasteiger partial charge is 0.196 e. The second kappa shape index (κ2) is 14.4. The van der Waals surface area contributed by atoms with Crippen LogP contribution in [0, 0.1) is 0 Å². The van der Waals surface area contributed by atoms with E-state index in [4.69, 9.17) is 5.11 Å². The zero-order valence-electron chi connectivity index (χ0n) is 25.1. The van der Waals surface area contributed by atoms with Gasteiger partial charge in [0, 0.05) is 6.08 Å². The van der Waals surface area contributed by atoms with Gasteiger partial charge in [0.15, 0.2) is 12.7 Å². The molecule has 2 heteroatoms. The Morgan fingerprint density at radius 2 is 1.17 bits per heavy atom. The van der Waals surface area contributed by atoms with Crippen molar-refractivity contribution in [3.8, 4) is 33.4 Å². The Kier molecular flexibility index (Phi) is 9.90. The third kappa shape index (κ3) is 7.01. The lowest BCUT2D eigenvalue weighted by Crippen LogP contribution is -2.00. The SMILES string of the molecule is CCCCc1cc(C=C[N+](CC)=Nc2cc(-c3ccccc3)c(CC)c(-c3ccccc3)c2)ccc1-c1ccccc1. The van der Waals surface area contributed by atoms with Crippen LogP contribution in [0.2, 0.25) is 0 Å². The molecule has 0 saturated carbocycles. The highest BCUT2D eigenvalue weighted by molar-refractivity contribution is 5.82. The number of hydrogen-bond donors (Lipinski definition) is 0. The van der Waals surface area contributed by atoms with Crippen LogP contribution in [0.4, 0.5) is 5.69 Å². The minimum atomic E-state index is 0.776. The lowest BCUT2D eigenvalue weighted by molar-refractivity contribution is -0.519. The maximum atomic E-state index is 5.12. The van der Waals surface area contributed by atoms with Crippen molar-refractivity contribution < 1.29 is 4.70 Å². The van der Waals surface area contributed by atoms with Crippen molar-refractivity contribution in [2.45, 2.75) is 46.5 Å². The Morgan fingerprint density at radius 1 is 0.619 bits per heavy atom. The molecule has 5 aromatic carbocycles. The first-order valence-electron chi connectivity index (χ1n) is 15.3. The van der Waals surface area contributed by atoms with Crippen LogP contribution in [0.25, 0.3) is 39.5 Å². The van der Waals surface area contributed by atoms with Crippen molar-refractivity contribution in [1.82, 2.24) is 0 Å². The molecule has 0 saturated heterocycles. The molecule has 42 heavy (non-hydrogen) atoms. The summed E-state index contributed by atoms with van der Waals surface area (Å²) in [6, 6.07) is 43.4. The third-order valence-corrected chi connectivity index (χ3v) is 7.78. The minimum Gasteiger partial charge on any atom is -0.0910 e. The quantitative estimate of drug-likeness (QED) is 0.115. The van der Waals surface area contributed by atoms with E-state index in [1.807, 2.05) is 4.70 Å². The normalized spacial score (nSPS) is 11.7. The zero-order valence-corrected chi connectivity index (χ0v) is 25.1. The van der Waals surface area contributed by atoms with Gasteiger partial charge in [-0.15, -0.1) is 0 Å². The summed E-state index contributed by atoms with van der Waals surface area (Å²) >= 11 is 0. The molecular weight excluding hydrogens is 508 g/mol. The molecule has 0 unspecified atom stereocenters. The van der Waals surface area contributed by atoms with Crippen molar-refractivity contribution in [1.29, 1.82) is 0 Å². The van der Waals surface area contributed by atoms with Gasteiger partial charge in [-0.05, 0) is 93.5 Å². The molecule has 5 rings (SSSR count). The lowest BCUT2D eigenvalue weighted by Gasteiger charge is -2.15. The molecule has 2 nitrogen and oxygen atoms in total. The van der Waals surface area contributed by atoms with E-state index >= 15 is 0 Å². The highest BCUT2D eigenvalue weighted by Gasteiger charge is 2.15. The molecule has 5 aromatic rings. The summed E-state index contributed by atoms with van der Waals surface area (Å²) in [6.45, 7) is 7.42. The summed E-state index contributed by atoms with van der Waals surface area (Å²) in [4.78, 5) is 0. The van der Waals surface area contributed by atoms with Crippen molar-refractivity contribution in [2.24, 2.45) is 5.11 Å². The first kappa shape index (κ1) is 29.0. The summed E-state index contributed by atoms with van der Waals surface area (Å²) in [5, 5.41) is 5.12. The van der Waals surface area contributed by atoms with E-state index in [9.17, 15) is 0 Å². The molecule has 0 aliphatic heterocycles. The minimum absolute atomic E-state index is 0.776. The van der Waals surface area contributed by atoms with E-state index in [2.05, 4.69) is 154 Å². The van der Waals surface area contributed by atoms with Gasteiger partial charge in [0.05, 0.1) is 0 Å². The van der Waals surface area contributed by atoms with Crippen LogP contribution >= 0.6 is 0 Å². The fourth-order valence-electron chi connectivity index (χ4n) is 5.57. The molecule has 210 valence electrons. The van der Waals surface area contributed by atoms with Crippen LogP contribution in [0.5, 0.6) is 0 Å². The summed E-state index contributed by atoms with van der Waals surface area (Å²) in [5.41, 5.74) is 12.5. The van der Waals surface area contributed by atoms with Crippen LogP contribution in [0.1, 0.15) is 50.3 Å². The van der Waals surface area contributed by atoms with E-state index in [1.54, 1.807) is 0 Å². The second-order valence-electron chi connectivity index (χ2n) is 10.7. The average Bonchev–Trinajstić information content (AvgIpc) is 3.06. The van der Waals surface area contributed by atoms with Gasteiger partial charge in [-0.2, -0.15) is 0 Å². The van der Waals surface area contributed by atoms with E-state index < -0.39 is 0 Å². The molecule has 0 amide bonds. The number of hydrogen-bond acceptors (Lipinski definition) is 1. The van der Waals surface area contributed by atoms with Crippen molar-refractivity contribution in [3.05, 3.63) is 144 Å². The maximum absolute atomic E-state index is 5.12. The van der Waals surface area contributed by atoms with E-state index in [0.717, 1.165) is 25.1 Å². The van der Waals surface area contributed by atoms with Gasteiger partial charge in [0.1, 0.15) is 5.69 Å². The van der Waals surface area contributed by atoms with Gasteiger partial charge in [-0.25, -0.2) is 0 Å². The van der Waals surface area contributed by atoms with Crippen molar-refractivity contribution >= 4 is 11.8 Å². The molecule has 0 fully saturated rings. The molecule has 0 heterocycles. The molecule has 0 N–H and O–H groups in total. The molecule has 0 bridgehead atoms. The Labute approximate surface area is 251 Å². The standard InChI is InChI=1S/C40H41N2/c1-4-7-17-35-28-31(24-25-38(35)32-18-11-8-12-19-32)26-27-42(6-3)41-36-29-39(33-20-13-9-14-21-33)37(5-2)40(30-36)34-22-15-10-16-23-34/h8-16,18-30H,4-7,17H2,1-3H3/q+1. The maximum Gasteiger partial charge on any atom is 0.196 e. The number of aryl methyl sites for hydroxylation is 1. The van der Waals surface area contributed by atoms with Gasteiger partial charge in [-0.3, -0.25) is 0 Å². The van der Waals surface area contributed by atoms with E-state index in [0.29, 0.717) is 0 Å². The summed E-state index contributed by atoms with van der Waals surface area (Å²) < 4.78 is 2.04. The van der Waals surface area contributed by atoms with E-state index in [-0.39, 0.29) is 0 Å². The van der Waals surface area contributed by atoms with Gasteiger partial charge in [0.2, 0.25) is 0 Å². The molecule has 0 aliphatic carbocycles. The monoisotopic (exact) mass is 549 g/mol. The summed E-state index contributed by atoms with van der Waals surface area (Å²) in [6.07, 6.45) is 8.70. The first-order valence-corrected chi connectivity index (χ1v) is 15.3. The number of nitrogens with zero attached hydrogens (tertiary/aromatic N) is 2. The molecule has 0 spiro atoms. The fraction of sp³-hybridized carbons (Fsp3) is 0.200. The smallest absolute Gasteiger partial charge is 0.0910 e. The first-order chi connectivity index (χ1) is 20.7. The van der Waals surface area contributed by atoms with Gasteiger partial charge >= 0.3 is 0 Å². The molecule has 0 atom stereocenters. The third-order valence-electron chi connectivity index (χ3n) is 7.78. The van der Waals surface area contributed by atoms with Crippen molar-refractivity contribution in [3.63, 3.8) is 0 Å². The van der Waals surface area contributed by atoms with E-state index in [1.165, 1.54) is 62.9 Å². The van der Waals surface area contributed by atoms with Gasteiger partial charge in [-0.1, -0.05) is 134 Å². The number of unbranched alkanes of at least 4 members (excludes halogenated alkanes) is 1. The van der Waals surface area contributed by atoms with Gasteiger partial charge in [0.25, 0.3) is 0 Å². The number of azo groups is 2. The zero-order chi connectivity index (χ0) is 29.1. The predicted molar refractivity (Wildman–Crippen MR) is 179 cm³/mol. The average molecular weight is 550 g/mol. The Morgan fingerprint density at radius 3 is 1.67 bits per heavy atom. The van der Waals surface area contributed by atoms with Crippen molar-refractivity contribution in [2.75, 3.05) is 6.54 Å². The summed E-state index contributed by atoms with van der Waals surface area (Å²) in [7, 11) is 0. The fourth-order valence-corrected chi connectivity index (χ4v) is 5.57. The topological polar surface area (TPSA) is 15.4 Å². The number of rotatable bonds is 11. The highest BCUT2D eigenvalue weighted by atomic mass is 15.2. The lowest BCUT2D eigenvalue weighted by atomic mass is 9.90. The van der Waals surface area contributed by atoms with Crippen LogP contribution < -0.4 is 0 Å². The second-order valence-corrected chi connectivity index (χ2v) is 10.7. The molecule has 0 aliphatic rings. The number of benzene rings is 5. The Hall–Kier alpha value is -4.56. The Balaban J connectivity index is 1.53. The van der Waals surface area contributed by atoms with Crippen LogP contribution in [-0.4, -0.2) is 11.2 Å². The molecular formula is C40H41N2+. The predicted octanol–water partition coefficient (Wildman–Crippen LogP) is 11.4. The van der Waals surface area contributed by atoms with Crippen LogP contribution in [0.15, 0.2) is 133 Å². The van der Waals surface area contributed by atoms with Crippen LogP contribution in [-0.2, 0) is 12.8 Å². The van der Waals surface area contributed by atoms with Crippen LogP contribution in [0.3, 0.4) is 0 Å². The summed E-state index contributed by atoms with van der Waals surface area (Å²) in [5.74, 6) is 0. The highest BCUT2D eigenvalue weighted by Crippen LogP contribution is 2.37.